The first-order chi connectivity index (χ1) is 8.00. The van der Waals surface area contributed by atoms with E-state index in [9.17, 15) is 14.9 Å². The van der Waals surface area contributed by atoms with Crippen molar-refractivity contribution in [2.24, 2.45) is 10.7 Å². The van der Waals surface area contributed by atoms with Crippen LogP contribution in [0.3, 0.4) is 0 Å². The van der Waals surface area contributed by atoms with Crippen LogP contribution in [0.4, 0.5) is 0 Å². The number of carbonyl (C=O) groups excluding carboxylic acids is 1. The molecular formula is C10H18N4O3. The van der Waals surface area contributed by atoms with Gasteiger partial charge in [-0.1, -0.05) is 13.8 Å². The van der Waals surface area contributed by atoms with Gasteiger partial charge in [-0.2, -0.15) is 0 Å². The lowest BCUT2D eigenvalue weighted by molar-refractivity contribution is -0.426. The van der Waals surface area contributed by atoms with Crippen molar-refractivity contribution in [1.29, 1.82) is 0 Å². The number of rotatable bonds is 2. The Balaban J connectivity index is 0.00000121. The topological polar surface area (TPSA) is 102 Å². The van der Waals surface area contributed by atoms with Crippen LogP contribution in [-0.4, -0.2) is 41.1 Å². The molecule has 96 valence electrons. The largest absolute Gasteiger partial charge is 0.358 e. The van der Waals surface area contributed by atoms with Crippen LogP contribution in [0.25, 0.3) is 0 Å². The van der Waals surface area contributed by atoms with Gasteiger partial charge >= 0.3 is 5.82 Å². The Kier molecular flexibility index (Phi) is 6.54. The molecule has 2 N–H and O–H groups in total. The van der Waals surface area contributed by atoms with E-state index in [4.69, 9.17) is 5.73 Å². The molecule has 1 amide bonds. The molecule has 17 heavy (non-hydrogen) atoms. The monoisotopic (exact) mass is 242 g/mol. The average Bonchev–Trinajstić information content (AvgIpc) is 2.31. The molecule has 0 saturated carbocycles. The number of carbonyl (C=O) groups is 1. The summed E-state index contributed by atoms with van der Waals surface area (Å²) >= 11 is 0. The van der Waals surface area contributed by atoms with Gasteiger partial charge in [0.05, 0.1) is 24.9 Å². The van der Waals surface area contributed by atoms with E-state index in [0.717, 1.165) is 0 Å². The van der Waals surface area contributed by atoms with Gasteiger partial charge in [-0.25, -0.2) is 0 Å². The number of nitrogens with two attached hydrogens (primary N) is 1. The molecule has 0 radical (unpaired) electrons. The van der Waals surface area contributed by atoms with Crippen molar-refractivity contribution in [3.8, 4) is 0 Å². The van der Waals surface area contributed by atoms with E-state index in [2.05, 4.69) is 4.99 Å². The van der Waals surface area contributed by atoms with Crippen molar-refractivity contribution >= 4 is 11.6 Å². The lowest BCUT2D eigenvalue weighted by Gasteiger charge is -2.23. The third kappa shape index (κ3) is 5.10. The van der Waals surface area contributed by atoms with Crippen molar-refractivity contribution in [1.82, 2.24) is 4.90 Å². The highest BCUT2D eigenvalue weighted by molar-refractivity contribution is 5.99. The normalized spacial score (nSPS) is 15.6. The minimum Gasteiger partial charge on any atom is -0.358 e. The molecule has 0 aliphatic carbocycles. The van der Waals surface area contributed by atoms with Gasteiger partial charge in [0.25, 0.3) is 0 Å². The van der Waals surface area contributed by atoms with Crippen LogP contribution in [0.15, 0.2) is 16.9 Å². The second-order valence-corrected chi connectivity index (χ2v) is 3.14. The lowest BCUT2D eigenvalue weighted by atomic mass is 10.2. The number of nitro groups is 1. The van der Waals surface area contributed by atoms with Crippen LogP contribution in [0.5, 0.6) is 0 Å². The first kappa shape index (κ1) is 15.1. The zero-order chi connectivity index (χ0) is 13.4. The second-order valence-electron chi connectivity index (χ2n) is 3.14. The van der Waals surface area contributed by atoms with Crippen LogP contribution in [-0.2, 0) is 4.79 Å². The summed E-state index contributed by atoms with van der Waals surface area (Å²) < 4.78 is 0. The molecule has 1 rings (SSSR count). The first-order valence-corrected chi connectivity index (χ1v) is 5.41. The van der Waals surface area contributed by atoms with Crippen LogP contribution in [0, 0.1) is 10.1 Å². The molecule has 0 aromatic rings. The standard InChI is InChI=1S/C8H12N4O3.C2H6/c1-6(13)11-3-2-10-7(5-11)4-8(9)12(14)15;1-2/h4H,2-3,5,9H2,1H3;1-2H3/b8-4+;. The quantitative estimate of drug-likeness (QED) is 0.559. The Hall–Kier alpha value is -1.92. The zero-order valence-electron chi connectivity index (χ0n) is 10.3. The SMILES string of the molecule is CC.CC(=O)N1CCN=C(/C=C(\N)[N+](=O)[O-])C1. The minimum atomic E-state index is -0.685. The molecule has 0 aromatic heterocycles. The predicted molar refractivity (Wildman–Crippen MR) is 65.2 cm³/mol. The maximum atomic E-state index is 11.0. The van der Waals surface area contributed by atoms with Crippen molar-refractivity contribution in [2.45, 2.75) is 20.8 Å². The predicted octanol–water partition coefficient (Wildman–Crippen LogP) is 0.393. The summed E-state index contributed by atoms with van der Waals surface area (Å²) in [5.74, 6) is -0.533. The van der Waals surface area contributed by atoms with Crippen molar-refractivity contribution in [2.75, 3.05) is 19.6 Å². The molecule has 0 fully saturated rings. The molecule has 1 aliphatic heterocycles. The van der Waals surface area contributed by atoms with Crippen LogP contribution >= 0.6 is 0 Å². The number of hydrogen-bond acceptors (Lipinski definition) is 5. The van der Waals surface area contributed by atoms with E-state index in [1.54, 1.807) is 4.90 Å². The highest BCUT2D eigenvalue weighted by Gasteiger charge is 2.16. The lowest BCUT2D eigenvalue weighted by Crippen LogP contribution is -2.39. The van der Waals surface area contributed by atoms with Gasteiger partial charge in [0, 0.05) is 13.5 Å². The Morgan fingerprint density at radius 3 is 2.65 bits per heavy atom. The zero-order valence-corrected chi connectivity index (χ0v) is 10.3. The van der Waals surface area contributed by atoms with Gasteiger partial charge in [-0.3, -0.25) is 15.5 Å². The summed E-state index contributed by atoms with van der Waals surface area (Å²) in [5.41, 5.74) is 5.61. The van der Waals surface area contributed by atoms with E-state index in [1.165, 1.54) is 13.0 Å². The van der Waals surface area contributed by atoms with Gasteiger partial charge in [-0.05, 0) is 4.92 Å². The van der Waals surface area contributed by atoms with E-state index >= 15 is 0 Å². The number of nitrogens with zero attached hydrogens (tertiary/aromatic N) is 3. The molecule has 0 atom stereocenters. The average molecular weight is 242 g/mol. The fourth-order valence-electron chi connectivity index (χ4n) is 1.22. The first-order valence-electron chi connectivity index (χ1n) is 5.41. The van der Waals surface area contributed by atoms with Gasteiger partial charge in [-0.15, -0.1) is 0 Å². The highest BCUT2D eigenvalue weighted by atomic mass is 16.6. The summed E-state index contributed by atoms with van der Waals surface area (Å²) in [5, 5.41) is 10.3. The van der Waals surface area contributed by atoms with Crippen LogP contribution in [0.1, 0.15) is 20.8 Å². The van der Waals surface area contributed by atoms with E-state index in [0.29, 0.717) is 18.8 Å². The maximum absolute atomic E-state index is 11.0. The van der Waals surface area contributed by atoms with Crippen LogP contribution < -0.4 is 5.73 Å². The minimum absolute atomic E-state index is 0.0736. The fraction of sp³-hybridized carbons (Fsp3) is 0.600. The Labute approximate surface area is 100 Å². The fourth-order valence-corrected chi connectivity index (χ4v) is 1.22. The molecule has 7 nitrogen and oxygen atoms in total. The summed E-state index contributed by atoms with van der Waals surface area (Å²) in [6, 6.07) is 0. The van der Waals surface area contributed by atoms with Crippen molar-refractivity contribution in [3.63, 3.8) is 0 Å². The molecule has 7 heteroatoms. The molecule has 0 bridgehead atoms. The molecule has 0 unspecified atom stereocenters. The number of hydrogen-bond donors (Lipinski definition) is 1. The summed E-state index contributed by atoms with van der Waals surface area (Å²) in [4.78, 5) is 26.2. The molecule has 1 heterocycles. The van der Waals surface area contributed by atoms with Gasteiger partial charge in [0.2, 0.25) is 5.91 Å². The number of aliphatic imine (C=N–C) groups is 1. The van der Waals surface area contributed by atoms with E-state index < -0.39 is 10.7 Å². The smallest absolute Gasteiger partial charge is 0.315 e. The van der Waals surface area contributed by atoms with Crippen molar-refractivity contribution in [3.05, 3.63) is 22.0 Å². The molecular weight excluding hydrogens is 224 g/mol. The van der Waals surface area contributed by atoms with Gasteiger partial charge in [0.15, 0.2) is 0 Å². The molecule has 0 aromatic carbocycles. The van der Waals surface area contributed by atoms with E-state index in [-0.39, 0.29) is 12.5 Å². The molecule has 0 saturated heterocycles. The van der Waals surface area contributed by atoms with Gasteiger partial charge < -0.3 is 15.0 Å². The summed E-state index contributed by atoms with van der Waals surface area (Å²) in [6.07, 6.45) is 1.19. The Morgan fingerprint density at radius 2 is 2.18 bits per heavy atom. The van der Waals surface area contributed by atoms with E-state index in [1.807, 2.05) is 13.8 Å². The highest BCUT2D eigenvalue weighted by Crippen LogP contribution is 2.01. The van der Waals surface area contributed by atoms with Crippen LogP contribution in [0.2, 0.25) is 0 Å². The second kappa shape index (κ2) is 7.37. The maximum Gasteiger partial charge on any atom is 0.315 e. The Morgan fingerprint density at radius 1 is 1.59 bits per heavy atom. The van der Waals surface area contributed by atoms with Gasteiger partial charge in [0.1, 0.15) is 0 Å². The summed E-state index contributed by atoms with van der Waals surface area (Å²) in [6.45, 7) is 6.73. The third-order valence-corrected chi connectivity index (χ3v) is 2.01. The number of amides is 1. The third-order valence-electron chi connectivity index (χ3n) is 2.01. The van der Waals surface area contributed by atoms with Crippen molar-refractivity contribution < 1.29 is 9.72 Å². The Bertz CT molecular complexity index is 349. The molecule has 0 spiro atoms. The molecule has 1 aliphatic rings. The summed E-state index contributed by atoms with van der Waals surface area (Å²) in [7, 11) is 0.